The van der Waals surface area contributed by atoms with Crippen LogP contribution in [0, 0.1) is 0 Å². The van der Waals surface area contributed by atoms with Crippen LogP contribution in [0.25, 0.3) is 6.08 Å². The summed E-state index contributed by atoms with van der Waals surface area (Å²) >= 11 is 1.44. The van der Waals surface area contributed by atoms with E-state index in [-0.39, 0.29) is 5.91 Å². The van der Waals surface area contributed by atoms with E-state index >= 15 is 0 Å². The number of thioether (sulfide) groups is 1. The van der Waals surface area contributed by atoms with Crippen molar-refractivity contribution >= 4 is 34.6 Å². The molecule has 30 heavy (non-hydrogen) atoms. The number of allylic oxidation sites excluding steroid dienone is 2. The van der Waals surface area contributed by atoms with Crippen LogP contribution in [-0.4, -0.2) is 40.6 Å². The normalized spacial score (nSPS) is 17.2. The van der Waals surface area contributed by atoms with Crippen molar-refractivity contribution in [3.05, 3.63) is 83.3 Å². The van der Waals surface area contributed by atoms with Gasteiger partial charge in [-0.3, -0.25) is 14.6 Å². The fraction of sp³-hybridized carbons (Fsp3) is 0.280. The number of carbonyl (C=O) groups is 1. The van der Waals surface area contributed by atoms with E-state index in [0.717, 1.165) is 42.3 Å². The predicted molar refractivity (Wildman–Crippen MR) is 129 cm³/mol. The summed E-state index contributed by atoms with van der Waals surface area (Å²) in [6.45, 7) is 6.84. The van der Waals surface area contributed by atoms with Crippen LogP contribution in [0.2, 0.25) is 0 Å². The van der Waals surface area contributed by atoms with Crippen molar-refractivity contribution in [1.29, 1.82) is 0 Å². The van der Waals surface area contributed by atoms with Gasteiger partial charge in [0.05, 0.1) is 17.3 Å². The van der Waals surface area contributed by atoms with Crippen LogP contribution < -0.4 is 0 Å². The van der Waals surface area contributed by atoms with E-state index < -0.39 is 0 Å². The first-order chi connectivity index (χ1) is 14.7. The molecule has 2 aromatic rings. The zero-order chi connectivity index (χ0) is 21.2. The zero-order valence-electron chi connectivity index (χ0n) is 17.7. The molecule has 1 saturated heterocycles. The van der Waals surface area contributed by atoms with Crippen molar-refractivity contribution in [3.63, 3.8) is 0 Å². The van der Waals surface area contributed by atoms with Gasteiger partial charge in [0.2, 0.25) is 0 Å². The molecule has 1 heterocycles. The van der Waals surface area contributed by atoms with Gasteiger partial charge in [0.1, 0.15) is 0 Å². The topological polar surface area (TPSA) is 35.9 Å². The Kier molecular flexibility index (Phi) is 8.48. The summed E-state index contributed by atoms with van der Waals surface area (Å²) in [6.07, 6.45) is 7.96. The SMILES string of the molecule is CCCN(CCC)CN1C(=O)/C(=C/C=C/c2ccccc2)SC1=Nc1ccccc1. The second-order valence-electron chi connectivity index (χ2n) is 7.13. The summed E-state index contributed by atoms with van der Waals surface area (Å²) in [4.78, 5) is 22.8. The second-order valence-corrected chi connectivity index (χ2v) is 8.13. The average molecular weight is 420 g/mol. The maximum absolute atomic E-state index is 13.2. The van der Waals surface area contributed by atoms with Crippen molar-refractivity contribution in [1.82, 2.24) is 9.80 Å². The van der Waals surface area contributed by atoms with Gasteiger partial charge in [-0.2, -0.15) is 0 Å². The van der Waals surface area contributed by atoms with Crippen molar-refractivity contribution in [2.24, 2.45) is 4.99 Å². The van der Waals surface area contributed by atoms with Gasteiger partial charge in [-0.15, -0.1) is 0 Å². The quantitative estimate of drug-likeness (QED) is 0.473. The summed E-state index contributed by atoms with van der Waals surface area (Å²) in [6, 6.07) is 19.9. The first-order valence-electron chi connectivity index (χ1n) is 10.5. The third kappa shape index (κ3) is 6.18. The highest BCUT2D eigenvalue weighted by Crippen LogP contribution is 2.33. The minimum Gasteiger partial charge on any atom is -0.286 e. The molecular formula is C25H29N3OS. The molecule has 0 unspecified atom stereocenters. The van der Waals surface area contributed by atoms with E-state index in [9.17, 15) is 4.79 Å². The molecule has 0 radical (unpaired) electrons. The first-order valence-corrected chi connectivity index (χ1v) is 11.3. The van der Waals surface area contributed by atoms with Crippen molar-refractivity contribution in [2.75, 3.05) is 19.8 Å². The number of amidine groups is 1. The molecule has 0 atom stereocenters. The molecule has 1 fully saturated rings. The van der Waals surface area contributed by atoms with Crippen LogP contribution in [0.3, 0.4) is 0 Å². The van der Waals surface area contributed by atoms with E-state index in [2.05, 4.69) is 18.7 Å². The molecule has 2 aromatic carbocycles. The van der Waals surface area contributed by atoms with Crippen LogP contribution in [0.15, 0.2) is 82.7 Å². The van der Waals surface area contributed by atoms with Crippen LogP contribution in [0.5, 0.6) is 0 Å². The van der Waals surface area contributed by atoms with E-state index in [1.165, 1.54) is 11.8 Å². The zero-order valence-corrected chi connectivity index (χ0v) is 18.5. The largest absolute Gasteiger partial charge is 0.286 e. The molecule has 0 bridgehead atoms. The van der Waals surface area contributed by atoms with Crippen molar-refractivity contribution < 1.29 is 4.79 Å². The molecule has 0 aromatic heterocycles. The highest BCUT2D eigenvalue weighted by Gasteiger charge is 2.34. The number of rotatable bonds is 9. The molecular weight excluding hydrogens is 390 g/mol. The molecule has 0 N–H and O–H groups in total. The van der Waals surface area contributed by atoms with Crippen LogP contribution in [0.4, 0.5) is 5.69 Å². The minimum absolute atomic E-state index is 0.0181. The number of nitrogens with zero attached hydrogens (tertiary/aromatic N) is 3. The van der Waals surface area contributed by atoms with E-state index in [1.54, 1.807) is 0 Å². The summed E-state index contributed by atoms with van der Waals surface area (Å²) in [5, 5.41) is 0.739. The maximum atomic E-state index is 13.2. The Morgan fingerprint density at radius 3 is 2.23 bits per heavy atom. The lowest BCUT2D eigenvalue weighted by atomic mass is 10.2. The van der Waals surface area contributed by atoms with Gasteiger partial charge in [0, 0.05) is 0 Å². The summed E-state index contributed by atoms with van der Waals surface area (Å²) < 4.78 is 0. The minimum atomic E-state index is 0.0181. The van der Waals surface area contributed by atoms with Gasteiger partial charge < -0.3 is 0 Å². The van der Waals surface area contributed by atoms with E-state index in [1.807, 2.05) is 83.8 Å². The molecule has 0 saturated carbocycles. The fourth-order valence-electron chi connectivity index (χ4n) is 3.24. The number of aliphatic imine (C=N–C) groups is 1. The number of amides is 1. The molecule has 0 spiro atoms. The standard InChI is InChI=1S/C25H29N3OS/c1-3-18-27(19-4-2)20-28-24(29)23(17-11-14-21-12-7-5-8-13-21)30-25(28)26-22-15-9-6-10-16-22/h5-17H,3-4,18-20H2,1-2H3/b14-11+,23-17-,26-25?. The Bertz CT molecular complexity index is 901. The highest BCUT2D eigenvalue weighted by atomic mass is 32.2. The van der Waals surface area contributed by atoms with Crippen molar-refractivity contribution in [2.45, 2.75) is 26.7 Å². The van der Waals surface area contributed by atoms with Crippen LogP contribution >= 0.6 is 11.8 Å². The van der Waals surface area contributed by atoms with Crippen LogP contribution in [0.1, 0.15) is 32.3 Å². The summed E-state index contributed by atoms with van der Waals surface area (Å²) in [7, 11) is 0. The lowest BCUT2D eigenvalue weighted by Gasteiger charge is -2.26. The molecule has 0 aliphatic carbocycles. The third-order valence-corrected chi connectivity index (χ3v) is 5.65. The molecule has 1 aliphatic heterocycles. The number of benzene rings is 2. The number of hydrogen-bond donors (Lipinski definition) is 0. The predicted octanol–water partition coefficient (Wildman–Crippen LogP) is 5.93. The monoisotopic (exact) mass is 419 g/mol. The Morgan fingerprint density at radius 2 is 1.60 bits per heavy atom. The summed E-state index contributed by atoms with van der Waals surface area (Å²) in [5.41, 5.74) is 1.97. The average Bonchev–Trinajstić information content (AvgIpc) is 3.04. The molecule has 4 nitrogen and oxygen atoms in total. The lowest BCUT2D eigenvalue weighted by molar-refractivity contribution is -0.123. The second kappa shape index (κ2) is 11.5. The Balaban J connectivity index is 1.84. The molecule has 5 heteroatoms. The van der Waals surface area contributed by atoms with Crippen LogP contribution in [-0.2, 0) is 4.79 Å². The number of hydrogen-bond acceptors (Lipinski definition) is 4. The van der Waals surface area contributed by atoms with Gasteiger partial charge in [0.25, 0.3) is 5.91 Å². The smallest absolute Gasteiger partial charge is 0.267 e. The van der Waals surface area contributed by atoms with Gasteiger partial charge in [-0.05, 0) is 61.5 Å². The van der Waals surface area contributed by atoms with Gasteiger partial charge in [-0.25, -0.2) is 4.99 Å². The maximum Gasteiger partial charge on any atom is 0.267 e. The highest BCUT2D eigenvalue weighted by molar-refractivity contribution is 8.18. The molecule has 1 amide bonds. The van der Waals surface area contributed by atoms with Gasteiger partial charge >= 0.3 is 0 Å². The van der Waals surface area contributed by atoms with E-state index in [0.29, 0.717) is 11.6 Å². The first kappa shape index (κ1) is 22.1. The fourth-order valence-corrected chi connectivity index (χ4v) is 4.18. The third-order valence-electron chi connectivity index (χ3n) is 4.63. The summed E-state index contributed by atoms with van der Waals surface area (Å²) in [5.74, 6) is 0.0181. The van der Waals surface area contributed by atoms with Gasteiger partial charge in [-0.1, -0.05) is 74.5 Å². The van der Waals surface area contributed by atoms with Crippen molar-refractivity contribution in [3.8, 4) is 0 Å². The molecule has 3 rings (SSSR count). The molecule has 1 aliphatic rings. The number of para-hydroxylation sites is 1. The number of carbonyl (C=O) groups excluding carboxylic acids is 1. The Hall–Kier alpha value is -2.63. The molecule has 156 valence electrons. The van der Waals surface area contributed by atoms with E-state index in [4.69, 9.17) is 4.99 Å². The Morgan fingerprint density at radius 1 is 0.967 bits per heavy atom. The van der Waals surface area contributed by atoms with Gasteiger partial charge in [0.15, 0.2) is 5.17 Å². The Labute approximate surface area is 184 Å². The lowest BCUT2D eigenvalue weighted by Crippen LogP contribution is -2.41.